The molecule has 20 heavy (non-hydrogen) atoms. The van der Waals surface area contributed by atoms with Crippen LogP contribution in [0.2, 0.25) is 0 Å². The first kappa shape index (κ1) is 14.8. The molecule has 0 saturated heterocycles. The van der Waals surface area contributed by atoms with Crippen molar-refractivity contribution in [2.45, 2.75) is 31.5 Å². The van der Waals surface area contributed by atoms with Gasteiger partial charge in [-0.3, -0.25) is 4.79 Å². The van der Waals surface area contributed by atoms with Crippen LogP contribution in [0, 0.1) is 5.92 Å². The summed E-state index contributed by atoms with van der Waals surface area (Å²) in [6.07, 6.45) is -2.14. The van der Waals surface area contributed by atoms with Crippen LogP contribution in [0.25, 0.3) is 0 Å². The van der Waals surface area contributed by atoms with E-state index < -0.39 is 11.7 Å². The lowest BCUT2D eigenvalue weighted by molar-refractivity contribution is -0.137. The molecule has 0 bridgehead atoms. The van der Waals surface area contributed by atoms with Gasteiger partial charge in [0.1, 0.15) is 0 Å². The molecule has 1 aliphatic rings. The summed E-state index contributed by atoms with van der Waals surface area (Å²) in [5, 5.41) is 2.84. The number of hydrogen-bond donors (Lipinski definition) is 2. The Balaban J connectivity index is 1.90. The van der Waals surface area contributed by atoms with E-state index in [9.17, 15) is 18.0 Å². The van der Waals surface area contributed by atoms with E-state index in [1.165, 1.54) is 12.1 Å². The molecule has 1 saturated carbocycles. The number of hydrogen-bond acceptors (Lipinski definition) is 2. The first-order chi connectivity index (χ1) is 9.40. The molecule has 1 aliphatic carbocycles. The highest BCUT2D eigenvalue weighted by molar-refractivity contribution is 5.79. The van der Waals surface area contributed by atoms with Crippen molar-refractivity contribution < 1.29 is 18.0 Å². The third-order valence-electron chi connectivity index (χ3n) is 3.44. The minimum absolute atomic E-state index is 0.0167. The number of benzene rings is 1. The Hall–Kier alpha value is -1.56. The van der Waals surface area contributed by atoms with Crippen molar-refractivity contribution >= 4 is 5.91 Å². The fraction of sp³-hybridized carbons (Fsp3) is 0.500. The predicted octanol–water partition coefficient (Wildman–Crippen LogP) is 2.10. The van der Waals surface area contributed by atoms with Crippen LogP contribution >= 0.6 is 0 Å². The van der Waals surface area contributed by atoms with Crippen LogP contribution in [0.3, 0.4) is 0 Å². The third kappa shape index (κ3) is 3.96. The van der Waals surface area contributed by atoms with Gasteiger partial charge < -0.3 is 11.1 Å². The van der Waals surface area contributed by atoms with Crippen molar-refractivity contribution in [2.75, 3.05) is 6.54 Å². The van der Waals surface area contributed by atoms with Crippen molar-refractivity contribution in [3.63, 3.8) is 0 Å². The number of alkyl halides is 3. The molecule has 1 fully saturated rings. The van der Waals surface area contributed by atoms with Crippen LogP contribution < -0.4 is 11.1 Å². The standard InChI is InChI=1S/C14H17F3N2O/c15-14(16,17)11-5-1-9(2-6-11)7-13(20)19-12(8-18)10-3-4-10/h1-2,5-6,10,12H,3-4,7-8,18H2,(H,19,20). The van der Waals surface area contributed by atoms with Gasteiger partial charge in [-0.2, -0.15) is 13.2 Å². The van der Waals surface area contributed by atoms with Gasteiger partial charge in [0, 0.05) is 12.6 Å². The van der Waals surface area contributed by atoms with Gasteiger partial charge in [0.05, 0.1) is 12.0 Å². The first-order valence-electron chi connectivity index (χ1n) is 6.55. The molecule has 0 aliphatic heterocycles. The maximum Gasteiger partial charge on any atom is 0.416 e. The average Bonchev–Trinajstić information content (AvgIpc) is 3.19. The predicted molar refractivity (Wildman–Crippen MR) is 68.9 cm³/mol. The van der Waals surface area contributed by atoms with Crippen molar-refractivity contribution in [1.29, 1.82) is 0 Å². The molecule has 0 radical (unpaired) electrons. The number of halogens is 3. The molecule has 1 atom stereocenters. The molecular weight excluding hydrogens is 269 g/mol. The van der Waals surface area contributed by atoms with Gasteiger partial charge >= 0.3 is 6.18 Å². The third-order valence-corrected chi connectivity index (χ3v) is 3.44. The van der Waals surface area contributed by atoms with Crippen molar-refractivity contribution in [1.82, 2.24) is 5.32 Å². The highest BCUT2D eigenvalue weighted by Gasteiger charge is 2.31. The van der Waals surface area contributed by atoms with Gasteiger partial charge in [-0.05, 0) is 36.5 Å². The molecule has 3 nitrogen and oxygen atoms in total. The molecule has 1 amide bonds. The second-order valence-corrected chi connectivity index (χ2v) is 5.12. The monoisotopic (exact) mass is 286 g/mol. The summed E-state index contributed by atoms with van der Waals surface area (Å²) in [5.74, 6) is 0.253. The van der Waals surface area contributed by atoms with E-state index in [1.807, 2.05) is 0 Å². The Bertz CT molecular complexity index is 466. The molecule has 0 aromatic heterocycles. The maximum absolute atomic E-state index is 12.4. The van der Waals surface area contributed by atoms with E-state index in [-0.39, 0.29) is 18.4 Å². The number of carbonyl (C=O) groups is 1. The Morgan fingerprint density at radius 2 is 1.90 bits per heavy atom. The van der Waals surface area contributed by atoms with Crippen molar-refractivity contribution in [3.8, 4) is 0 Å². The second kappa shape index (κ2) is 5.83. The highest BCUT2D eigenvalue weighted by Crippen LogP contribution is 2.32. The Labute approximate surface area is 115 Å². The topological polar surface area (TPSA) is 55.1 Å². The van der Waals surface area contributed by atoms with Crippen LogP contribution in [0.4, 0.5) is 13.2 Å². The van der Waals surface area contributed by atoms with E-state index in [4.69, 9.17) is 5.73 Å². The van der Waals surface area contributed by atoms with Gasteiger partial charge in [-0.1, -0.05) is 12.1 Å². The second-order valence-electron chi connectivity index (χ2n) is 5.12. The van der Waals surface area contributed by atoms with Crippen LogP contribution in [-0.4, -0.2) is 18.5 Å². The lowest BCUT2D eigenvalue weighted by atomic mass is 10.1. The van der Waals surface area contributed by atoms with E-state index in [0.717, 1.165) is 25.0 Å². The van der Waals surface area contributed by atoms with Gasteiger partial charge in [0.2, 0.25) is 5.91 Å². The number of nitrogens with two attached hydrogens (primary N) is 1. The zero-order valence-corrected chi connectivity index (χ0v) is 10.9. The van der Waals surface area contributed by atoms with Crippen LogP contribution in [0.15, 0.2) is 24.3 Å². The van der Waals surface area contributed by atoms with E-state index in [2.05, 4.69) is 5.32 Å². The van der Waals surface area contributed by atoms with Gasteiger partial charge in [0.25, 0.3) is 0 Å². The Morgan fingerprint density at radius 1 is 1.30 bits per heavy atom. The molecule has 1 unspecified atom stereocenters. The average molecular weight is 286 g/mol. The lowest BCUT2D eigenvalue weighted by Gasteiger charge is -2.16. The molecule has 0 spiro atoms. The summed E-state index contributed by atoms with van der Waals surface area (Å²) in [6.45, 7) is 0.392. The smallest absolute Gasteiger partial charge is 0.352 e. The number of carbonyl (C=O) groups excluding carboxylic acids is 1. The summed E-state index contributed by atoms with van der Waals surface area (Å²) in [7, 11) is 0. The SMILES string of the molecule is NCC(NC(=O)Cc1ccc(C(F)(F)F)cc1)C1CC1. The fourth-order valence-electron chi connectivity index (χ4n) is 2.12. The summed E-state index contributed by atoms with van der Waals surface area (Å²) >= 11 is 0. The summed E-state index contributed by atoms with van der Waals surface area (Å²) in [5.41, 5.74) is 5.43. The summed E-state index contributed by atoms with van der Waals surface area (Å²) in [4.78, 5) is 11.8. The summed E-state index contributed by atoms with van der Waals surface area (Å²) < 4.78 is 37.2. The number of nitrogens with one attached hydrogen (secondary N) is 1. The molecule has 1 aromatic rings. The molecule has 2 rings (SSSR count). The minimum Gasteiger partial charge on any atom is -0.352 e. The van der Waals surface area contributed by atoms with Crippen LogP contribution in [-0.2, 0) is 17.4 Å². The van der Waals surface area contributed by atoms with Gasteiger partial charge in [-0.25, -0.2) is 0 Å². The zero-order chi connectivity index (χ0) is 14.8. The molecule has 110 valence electrons. The van der Waals surface area contributed by atoms with E-state index >= 15 is 0 Å². The lowest BCUT2D eigenvalue weighted by Crippen LogP contribution is -2.42. The largest absolute Gasteiger partial charge is 0.416 e. The zero-order valence-electron chi connectivity index (χ0n) is 10.9. The maximum atomic E-state index is 12.4. The Morgan fingerprint density at radius 3 is 2.35 bits per heavy atom. The quantitative estimate of drug-likeness (QED) is 0.871. The normalized spacial score (nSPS) is 16.8. The number of amides is 1. The first-order valence-corrected chi connectivity index (χ1v) is 6.55. The molecule has 3 N–H and O–H groups in total. The molecule has 1 aromatic carbocycles. The van der Waals surface area contributed by atoms with Crippen molar-refractivity contribution in [2.24, 2.45) is 11.7 Å². The highest BCUT2D eigenvalue weighted by atomic mass is 19.4. The van der Waals surface area contributed by atoms with Crippen LogP contribution in [0.5, 0.6) is 0 Å². The van der Waals surface area contributed by atoms with E-state index in [0.29, 0.717) is 18.0 Å². The Kier molecular flexibility index (Phi) is 4.32. The number of rotatable bonds is 5. The summed E-state index contributed by atoms with van der Waals surface area (Å²) in [6, 6.07) is 4.62. The van der Waals surface area contributed by atoms with Gasteiger partial charge in [0.15, 0.2) is 0 Å². The van der Waals surface area contributed by atoms with E-state index in [1.54, 1.807) is 0 Å². The minimum atomic E-state index is -4.35. The van der Waals surface area contributed by atoms with Gasteiger partial charge in [-0.15, -0.1) is 0 Å². The van der Waals surface area contributed by atoms with Crippen LogP contribution in [0.1, 0.15) is 24.0 Å². The molecule has 0 heterocycles. The van der Waals surface area contributed by atoms with Crippen molar-refractivity contribution in [3.05, 3.63) is 35.4 Å². The molecule has 6 heteroatoms. The fourth-order valence-corrected chi connectivity index (χ4v) is 2.12. The molecular formula is C14H17F3N2O.